The van der Waals surface area contributed by atoms with Crippen LogP contribution >= 0.6 is 0 Å². The van der Waals surface area contributed by atoms with Crippen molar-refractivity contribution in [1.82, 2.24) is 0 Å². The monoisotopic (exact) mass is 262 g/mol. The lowest BCUT2D eigenvalue weighted by atomic mass is 10.0. The van der Waals surface area contributed by atoms with Crippen LogP contribution in [-0.2, 0) is 0 Å². The molecule has 19 heavy (non-hydrogen) atoms. The van der Waals surface area contributed by atoms with Gasteiger partial charge in [-0.05, 0) is 26.8 Å². The van der Waals surface area contributed by atoms with Crippen molar-refractivity contribution < 1.29 is 19.7 Å². The van der Waals surface area contributed by atoms with E-state index in [1.807, 2.05) is 13.8 Å². The quantitative estimate of drug-likeness (QED) is 0.829. The molecule has 0 fully saturated rings. The van der Waals surface area contributed by atoms with Crippen molar-refractivity contribution in [3.8, 4) is 23.0 Å². The first-order chi connectivity index (χ1) is 9.11. The van der Waals surface area contributed by atoms with Gasteiger partial charge in [0.15, 0.2) is 11.5 Å². The lowest BCUT2D eigenvalue weighted by Crippen LogP contribution is -1.98. The van der Waals surface area contributed by atoms with Crippen LogP contribution in [0.3, 0.4) is 0 Å². The van der Waals surface area contributed by atoms with Crippen molar-refractivity contribution in [2.24, 2.45) is 0 Å². The van der Waals surface area contributed by atoms with Gasteiger partial charge in [-0.3, -0.25) is 0 Å². The zero-order valence-electron chi connectivity index (χ0n) is 11.4. The third-order valence-electron chi connectivity index (χ3n) is 3.02. The zero-order valence-corrected chi connectivity index (χ0v) is 11.4. The Morgan fingerprint density at radius 1 is 1.00 bits per heavy atom. The summed E-state index contributed by atoms with van der Waals surface area (Å²) in [5, 5.41) is 21.7. The molecule has 0 heterocycles. The topological polar surface area (TPSA) is 58.9 Å². The third kappa shape index (κ3) is 2.14. The molecular weight excluding hydrogens is 244 g/mol. The Labute approximate surface area is 112 Å². The minimum Gasteiger partial charge on any atom is -0.507 e. The van der Waals surface area contributed by atoms with Crippen LogP contribution in [0.15, 0.2) is 18.2 Å². The highest BCUT2D eigenvalue weighted by Crippen LogP contribution is 2.47. The SMILES string of the molecule is CCOc1c(C)c(O)c2cccc(OCC)c2c1O. The second-order valence-corrected chi connectivity index (χ2v) is 4.20. The largest absolute Gasteiger partial charge is 0.507 e. The molecule has 102 valence electrons. The highest BCUT2D eigenvalue weighted by Gasteiger charge is 2.19. The van der Waals surface area contributed by atoms with E-state index >= 15 is 0 Å². The summed E-state index contributed by atoms with van der Waals surface area (Å²) in [5.41, 5.74) is 0.528. The second-order valence-electron chi connectivity index (χ2n) is 4.20. The standard InChI is InChI=1S/C15H18O4/c1-4-18-11-8-6-7-10-12(11)14(17)15(19-5-2)9(3)13(10)16/h6-8,16-17H,4-5H2,1-3H3. The normalized spacial score (nSPS) is 10.7. The van der Waals surface area contributed by atoms with E-state index < -0.39 is 0 Å². The molecule has 0 aliphatic heterocycles. The molecule has 0 atom stereocenters. The predicted octanol–water partition coefficient (Wildman–Crippen LogP) is 3.36. The summed E-state index contributed by atoms with van der Waals surface area (Å²) in [4.78, 5) is 0. The molecule has 2 aromatic rings. The van der Waals surface area contributed by atoms with Crippen LogP contribution < -0.4 is 9.47 Å². The van der Waals surface area contributed by atoms with Crippen molar-refractivity contribution in [2.75, 3.05) is 13.2 Å². The summed E-state index contributed by atoms with van der Waals surface area (Å²) in [6.45, 7) is 6.31. The van der Waals surface area contributed by atoms with Crippen LogP contribution in [-0.4, -0.2) is 23.4 Å². The number of ether oxygens (including phenoxy) is 2. The lowest BCUT2D eigenvalue weighted by Gasteiger charge is -2.16. The number of phenolic OH excluding ortho intramolecular Hbond substituents is 2. The summed E-state index contributed by atoms with van der Waals surface area (Å²) in [5.74, 6) is 0.961. The van der Waals surface area contributed by atoms with E-state index in [2.05, 4.69) is 0 Å². The molecule has 2 N–H and O–H groups in total. The van der Waals surface area contributed by atoms with E-state index in [1.165, 1.54) is 0 Å². The van der Waals surface area contributed by atoms with Crippen molar-refractivity contribution in [2.45, 2.75) is 20.8 Å². The van der Waals surface area contributed by atoms with Crippen molar-refractivity contribution >= 4 is 10.8 Å². The van der Waals surface area contributed by atoms with Gasteiger partial charge in [-0.15, -0.1) is 0 Å². The Morgan fingerprint density at radius 3 is 2.32 bits per heavy atom. The molecular formula is C15H18O4. The van der Waals surface area contributed by atoms with Gasteiger partial charge in [-0.1, -0.05) is 12.1 Å². The molecule has 0 aromatic heterocycles. The molecule has 2 aromatic carbocycles. The first-order valence-corrected chi connectivity index (χ1v) is 6.34. The highest BCUT2D eigenvalue weighted by molar-refractivity contribution is 6.00. The molecule has 0 aliphatic carbocycles. The van der Waals surface area contributed by atoms with Crippen LogP contribution in [0.1, 0.15) is 19.4 Å². The average molecular weight is 262 g/mol. The summed E-state index contributed by atoms with van der Waals surface area (Å²) >= 11 is 0. The Bertz CT molecular complexity index is 605. The van der Waals surface area contributed by atoms with Crippen molar-refractivity contribution in [3.05, 3.63) is 23.8 Å². The minimum absolute atomic E-state index is 0.0104. The molecule has 0 saturated heterocycles. The number of aromatic hydroxyl groups is 2. The first kappa shape index (κ1) is 13.3. The van der Waals surface area contributed by atoms with E-state index in [4.69, 9.17) is 9.47 Å². The average Bonchev–Trinajstić information content (AvgIpc) is 2.41. The highest BCUT2D eigenvalue weighted by atomic mass is 16.5. The van der Waals surface area contributed by atoms with Gasteiger partial charge in [0.1, 0.15) is 11.5 Å². The molecule has 0 radical (unpaired) electrons. The van der Waals surface area contributed by atoms with Gasteiger partial charge in [0.2, 0.25) is 0 Å². The summed E-state index contributed by atoms with van der Waals surface area (Å²) < 4.78 is 10.9. The molecule has 0 aliphatic rings. The van der Waals surface area contributed by atoms with Gasteiger partial charge in [0, 0.05) is 10.9 Å². The number of hydrogen-bond donors (Lipinski definition) is 2. The molecule has 4 heteroatoms. The van der Waals surface area contributed by atoms with E-state index in [1.54, 1.807) is 25.1 Å². The van der Waals surface area contributed by atoms with Crippen molar-refractivity contribution in [3.63, 3.8) is 0 Å². The molecule has 0 amide bonds. The van der Waals surface area contributed by atoms with Crippen molar-refractivity contribution in [1.29, 1.82) is 0 Å². The maximum Gasteiger partial charge on any atom is 0.170 e. The Kier molecular flexibility index (Phi) is 3.69. The fourth-order valence-electron chi connectivity index (χ4n) is 2.17. The molecule has 0 saturated carbocycles. The number of benzene rings is 2. The maximum atomic E-state index is 10.4. The van der Waals surface area contributed by atoms with Gasteiger partial charge in [0.25, 0.3) is 0 Å². The van der Waals surface area contributed by atoms with E-state index in [0.29, 0.717) is 41.0 Å². The lowest BCUT2D eigenvalue weighted by molar-refractivity contribution is 0.313. The number of phenols is 2. The van der Waals surface area contributed by atoms with Gasteiger partial charge in [-0.25, -0.2) is 0 Å². The smallest absolute Gasteiger partial charge is 0.170 e. The van der Waals surface area contributed by atoms with Crippen LogP contribution in [0.25, 0.3) is 10.8 Å². The number of rotatable bonds is 4. The van der Waals surface area contributed by atoms with Gasteiger partial charge in [0.05, 0.1) is 18.6 Å². The Balaban J connectivity index is 2.83. The molecule has 2 rings (SSSR count). The molecule has 0 spiro atoms. The summed E-state index contributed by atoms with van der Waals surface area (Å²) in [7, 11) is 0. The second kappa shape index (κ2) is 5.26. The van der Waals surface area contributed by atoms with Crippen LogP contribution in [0.4, 0.5) is 0 Å². The third-order valence-corrected chi connectivity index (χ3v) is 3.02. The van der Waals surface area contributed by atoms with Gasteiger partial charge >= 0.3 is 0 Å². The van der Waals surface area contributed by atoms with Crippen LogP contribution in [0, 0.1) is 6.92 Å². The Hall–Kier alpha value is -2.10. The predicted molar refractivity (Wildman–Crippen MR) is 74.4 cm³/mol. The van der Waals surface area contributed by atoms with Crippen LogP contribution in [0.5, 0.6) is 23.0 Å². The maximum absolute atomic E-state index is 10.4. The van der Waals surface area contributed by atoms with E-state index in [9.17, 15) is 10.2 Å². The van der Waals surface area contributed by atoms with Gasteiger partial charge in [-0.2, -0.15) is 0 Å². The van der Waals surface area contributed by atoms with E-state index in [0.717, 1.165) is 0 Å². The molecule has 4 nitrogen and oxygen atoms in total. The number of hydrogen-bond acceptors (Lipinski definition) is 4. The van der Waals surface area contributed by atoms with Crippen LogP contribution in [0.2, 0.25) is 0 Å². The fourth-order valence-corrected chi connectivity index (χ4v) is 2.17. The molecule has 0 bridgehead atoms. The molecule has 0 unspecified atom stereocenters. The Morgan fingerprint density at radius 2 is 1.68 bits per heavy atom. The summed E-state index contributed by atoms with van der Waals surface area (Å²) in [6.07, 6.45) is 0. The zero-order chi connectivity index (χ0) is 14.0. The van der Waals surface area contributed by atoms with E-state index in [-0.39, 0.29) is 11.5 Å². The number of fused-ring (bicyclic) bond motifs is 1. The fraction of sp³-hybridized carbons (Fsp3) is 0.333. The summed E-state index contributed by atoms with van der Waals surface area (Å²) in [6, 6.07) is 5.29. The first-order valence-electron chi connectivity index (χ1n) is 6.34. The van der Waals surface area contributed by atoms with Gasteiger partial charge < -0.3 is 19.7 Å². The minimum atomic E-state index is 0.0104.